The molecule has 3 heterocycles. The molecule has 3 aliphatic rings. The van der Waals surface area contributed by atoms with Crippen molar-refractivity contribution in [2.75, 3.05) is 26.2 Å². The summed E-state index contributed by atoms with van der Waals surface area (Å²) < 4.78 is 4.97. The van der Waals surface area contributed by atoms with Gasteiger partial charge in [-0.3, -0.25) is 9.59 Å². The molecule has 0 bridgehead atoms. The Morgan fingerprint density at radius 3 is 2.68 bits per heavy atom. The molecule has 118 valence electrons. The Kier molecular flexibility index (Phi) is 3.03. The van der Waals surface area contributed by atoms with Gasteiger partial charge in [-0.05, 0) is 38.5 Å². The lowest BCUT2D eigenvalue weighted by molar-refractivity contribution is -0.165. The number of carbonyl (C=O) groups is 2. The third-order valence-corrected chi connectivity index (χ3v) is 5.40. The van der Waals surface area contributed by atoms with Crippen LogP contribution >= 0.6 is 0 Å². The van der Waals surface area contributed by atoms with E-state index < -0.39 is 0 Å². The predicted octanol–water partition coefficient (Wildman–Crippen LogP) is 1.46. The zero-order valence-electron chi connectivity index (χ0n) is 12.9. The highest BCUT2D eigenvalue weighted by atomic mass is 16.5. The summed E-state index contributed by atoms with van der Waals surface area (Å²) in [6.45, 7) is 4.87. The average Bonchev–Trinajstić information content (AvgIpc) is 3.25. The minimum absolute atomic E-state index is 0.0322. The van der Waals surface area contributed by atoms with Crippen LogP contribution in [0, 0.1) is 18.3 Å². The van der Waals surface area contributed by atoms with Crippen molar-refractivity contribution < 1.29 is 14.1 Å². The van der Waals surface area contributed by atoms with Gasteiger partial charge in [0.25, 0.3) is 5.91 Å². The lowest BCUT2D eigenvalue weighted by atomic mass is 9.71. The number of hydrogen-bond acceptors (Lipinski definition) is 4. The first-order valence-corrected chi connectivity index (χ1v) is 8.09. The Morgan fingerprint density at radius 2 is 2.14 bits per heavy atom. The van der Waals surface area contributed by atoms with Crippen LogP contribution in [-0.2, 0) is 4.79 Å². The van der Waals surface area contributed by atoms with E-state index in [2.05, 4.69) is 5.16 Å². The number of hydrogen-bond donors (Lipinski definition) is 0. The number of aromatic nitrogens is 1. The number of carbonyl (C=O) groups excluding carboxylic acids is 2. The summed E-state index contributed by atoms with van der Waals surface area (Å²) >= 11 is 0. The normalized spacial score (nSPS) is 23.8. The molecule has 0 unspecified atom stereocenters. The van der Waals surface area contributed by atoms with Gasteiger partial charge in [0, 0.05) is 26.2 Å². The van der Waals surface area contributed by atoms with Crippen LogP contribution in [0.5, 0.6) is 0 Å². The Morgan fingerprint density at radius 1 is 1.41 bits per heavy atom. The third kappa shape index (κ3) is 2.12. The Bertz CT molecular complexity index is 612. The molecular weight excluding hydrogens is 282 g/mol. The van der Waals surface area contributed by atoms with E-state index in [0.717, 1.165) is 31.8 Å². The van der Waals surface area contributed by atoms with Gasteiger partial charge in [0.2, 0.25) is 5.91 Å². The first-order valence-electron chi connectivity index (χ1n) is 8.09. The molecule has 3 fully saturated rings. The fraction of sp³-hybridized carbons (Fsp3) is 0.688. The molecule has 1 aromatic heterocycles. The van der Waals surface area contributed by atoms with E-state index in [1.165, 1.54) is 19.0 Å². The number of piperidine rings is 1. The summed E-state index contributed by atoms with van der Waals surface area (Å²) in [4.78, 5) is 28.7. The Hall–Kier alpha value is -1.85. The Balaban J connectivity index is 1.36. The molecule has 1 aliphatic carbocycles. The van der Waals surface area contributed by atoms with Gasteiger partial charge in [0.15, 0.2) is 0 Å². The smallest absolute Gasteiger partial charge is 0.259 e. The van der Waals surface area contributed by atoms with Crippen molar-refractivity contribution in [2.24, 2.45) is 11.3 Å². The molecule has 4 rings (SSSR count). The highest BCUT2D eigenvalue weighted by Crippen LogP contribution is 2.44. The monoisotopic (exact) mass is 303 g/mol. The molecular formula is C16H21N3O3. The fourth-order valence-electron chi connectivity index (χ4n) is 3.69. The minimum atomic E-state index is -0.185. The van der Waals surface area contributed by atoms with Gasteiger partial charge in [0.05, 0.1) is 11.6 Å². The summed E-state index contributed by atoms with van der Waals surface area (Å²) in [5.74, 6) is 1.59. The second kappa shape index (κ2) is 4.83. The van der Waals surface area contributed by atoms with Crippen molar-refractivity contribution in [3.8, 4) is 0 Å². The van der Waals surface area contributed by atoms with E-state index in [9.17, 15) is 9.59 Å². The van der Waals surface area contributed by atoms with E-state index >= 15 is 0 Å². The van der Waals surface area contributed by atoms with E-state index in [0.29, 0.717) is 30.3 Å². The first kappa shape index (κ1) is 13.8. The molecule has 1 aromatic rings. The van der Waals surface area contributed by atoms with Gasteiger partial charge in [-0.15, -0.1) is 0 Å². The molecule has 0 N–H and O–H groups in total. The standard InChI is InChI=1S/C16H21N3O3/c1-11-13(8-17-22-11)14(20)18-6-4-16(5-7-18)10-19(15(16)21)9-12-2-3-12/h8,12H,2-7,9-10H2,1H3. The maximum Gasteiger partial charge on any atom is 0.259 e. The molecule has 22 heavy (non-hydrogen) atoms. The van der Waals surface area contributed by atoms with Gasteiger partial charge >= 0.3 is 0 Å². The number of amides is 2. The lowest BCUT2D eigenvalue weighted by Gasteiger charge is -2.52. The topological polar surface area (TPSA) is 66.7 Å². The van der Waals surface area contributed by atoms with Crippen molar-refractivity contribution in [3.63, 3.8) is 0 Å². The average molecular weight is 303 g/mol. The second-order valence-electron chi connectivity index (χ2n) is 7.00. The number of nitrogens with zero attached hydrogens (tertiary/aromatic N) is 3. The van der Waals surface area contributed by atoms with Crippen LogP contribution in [-0.4, -0.2) is 52.9 Å². The molecule has 0 atom stereocenters. The largest absolute Gasteiger partial charge is 0.361 e. The van der Waals surface area contributed by atoms with Gasteiger partial charge in [0.1, 0.15) is 11.3 Å². The highest BCUT2D eigenvalue weighted by molar-refractivity contribution is 5.95. The van der Waals surface area contributed by atoms with Crippen LogP contribution in [0.15, 0.2) is 10.7 Å². The summed E-state index contributed by atoms with van der Waals surface area (Å²) in [7, 11) is 0. The van der Waals surface area contributed by atoms with E-state index in [1.807, 2.05) is 9.80 Å². The van der Waals surface area contributed by atoms with Crippen LogP contribution in [0.1, 0.15) is 41.8 Å². The van der Waals surface area contributed by atoms with Crippen LogP contribution in [0.3, 0.4) is 0 Å². The summed E-state index contributed by atoms with van der Waals surface area (Å²) in [6.07, 6.45) is 5.59. The van der Waals surface area contributed by atoms with Crippen LogP contribution in [0.4, 0.5) is 0 Å². The molecule has 1 saturated carbocycles. The van der Waals surface area contributed by atoms with E-state index in [4.69, 9.17) is 4.52 Å². The summed E-state index contributed by atoms with van der Waals surface area (Å²) in [5, 5.41) is 3.67. The minimum Gasteiger partial charge on any atom is -0.361 e. The van der Waals surface area contributed by atoms with Gasteiger partial charge in [-0.1, -0.05) is 5.16 Å². The summed E-state index contributed by atoms with van der Waals surface area (Å²) in [6, 6.07) is 0. The number of likely N-dealkylation sites (tertiary alicyclic amines) is 2. The van der Waals surface area contributed by atoms with Crippen LogP contribution in [0.2, 0.25) is 0 Å². The molecule has 0 radical (unpaired) electrons. The number of aryl methyl sites for hydroxylation is 1. The lowest BCUT2D eigenvalue weighted by Crippen LogP contribution is -2.65. The van der Waals surface area contributed by atoms with E-state index in [1.54, 1.807) is 6.92 Å². The molecule has 0 aromatic carbocycles. The second-order valence-corrected chi connectivity index (χ2v) is 7.00. The molecule has 2 amide bonds. The quantitative estimate of drug-likeness (QED) is 0.793. The van der Waals surface area contributed by atoms with Gasteiger partial charge in [-0.2, -0.15) is 0 Å². The zero-order valence-corrected chi connectivity index (χ0v) is 12.9. The molecule has 2 saturated heterocycles. The highest BCUT2D eigenvalue weighted by Gasteiger charge is 2.54. The number of β-lactam (4-membered cyclic amide) rings is 1. The van der Waals surface area contributed by atoms with Crippen LogP contribution in [0.25, 0.3) is 0 Å². The molecule has 1 spiro atoms. The zero-order chi connectivity index (χ0) is 15.3. The van der Waals surface area contributed by atoms with Crippen LogP contribution < -0.4 is 0 Å². The maximum atomic E-state index is 12.5. The van der Waals surface area contributed by atoms with Gasteiger partial charge < -0.3 is 14.3 Å². The number of rotatable bonds is 3. The fourth-order valence-corrected chi connectivity index (χ4v) is 3.69. The Labute approximate surface area is 129 Å². The van der Waals surface area contributed by atoms with Crippen molar-refractivity contribution in [1.29, 1.82) is 0 Å². The van der Waals surface area contributed by atoms with Gasteiger partial charge in [-0.25, -0.2) is 0 Å². The van der Waals surface area contributed by atoms with E-state index in [-0.39, 0.29) is 11.3 Å². The molecule has 2 aliphatic heterocycles. The SMILES string of the molecule is Cc1oncc1C(=O)N1CCC2(CC1)CN(CC1CC1)C2=O. The third-order valence-electron chi connectivity index (χ3n) is 5.40. The van der Waals surface area contributed by atoms with Crippen molar-refractivity contribution in [1.82, 2.24) is 15.0 Å². The predicted molar refractivity (Wildman–Crippen MR) is 78.1 cm³/mol. The summed E-state index contributed by atoms with van der Waals surface area (Å²) in [5.41, 5.74) is 0.348. The van der Waals surface area contributed by atoms with Crippen molar-refractivity contribution in [3.05, 3.63) is 17.5 Å². The van der Waals surface area contributed by atoms with Crippen molar-refractivity contribution in [2.45, 2.75) is 32.6 Å². The molecule has 6 heteroatoms. The molecule has 6 nitrogen and oxygen atoms in total. The van der Waals surface area contributed by atoms with Crippen molar-refractivity contribution >= 4 is 11.8 Å². The maximum absolute atomic E-state index is 12.5. The first-order chi connectivity index (χ1) is 10.6.